The third-order valence-electron chi connectivity index (χ3n) is 3.42. The molecule has 0 radical (unpaired) electrons. The third-order valence-corrected chi connectivity index (χ3v) is 3.42. The molecule has 3 rings (SSSR count). The first-order chi connectivity index (χ1) is 11.2. The Balaban J connectivity index is 2.27. The largest absolute Gasteiger partial charge is 0.494 e. The molecule has 0 fully saturated rings. The van der Waals surface area contributed by atoms with Crippen molar-refractivity contribution >= 4 is 11.6 Å². The zero-order chi connectivity index (χ0) is 16.4. The van der Waals surface area contributed by atoms with Gasteiger partial charge >= 0.3 is 0 Å². The van der Waals surface area contributed by atoms with Crippen molar-refractivity contribution in [1.82, 2.24) is 14.6 Å². The van der Waals surface area contributed by atoms with E-state index >= 15 is 0 Å². The first-order valence-corrected chi connectivity index (χ1v) is 7.09. The summed E-state index contributed by atoms with van der Waals surface area (Å²) in [5.41, 5.74) is 7.66. The average molecular weight is 312 g/mol. The Morgan fingerprint density at radius 2 is 2.17 bits per heavy atom. The smallest absolute Gasteiger partial charge is 0.252 e. The van der Waals surface area contributed by atoms with Crippen molar-refractivity contribution in [3.05, 3.63) is 42.2 Å². The highest BCUT2D eigenvalue weighted by atomic mass is 16.5. The van der Waals surface area contributed by atoms with Crippen LogP contribution in [0.5, 0.6) is 11.5 Å². The van der Waals surface area contributed by atoms with Gasteiger partial charge in [0.15, 0.2) is 11.4 Å². The highest BCUT2D eigenvalue weighted by Crippen LogP contribution is 2.31. The number of rotatable bonds is 5. The Morgan fingerprint density at radius 1 is 1.35 bits per heavy atom. The van der Waals surface area contributed by atoms with Gasteiger partial charge in [-0.3, -0.25) is 4.79 Å². The van der Waals surface area contributed by atoms with E-state index in [9.17, 15) is 4.79 Å². The van der Waals surface area contributed by atoms with Crippen molar-refractivity contribution in [2.45, 2.75) is 6.92 Å². The number of hydrogen-bond acceptors (Lipinski definition) is 5. The van der Waals surface area contributed by atoms with E-state index in [-0.39, 0.29) is 5.56 Å². The van der Waals surface area contributed by atoms with Gasteiger partial charge in [0.1, 0.15) is 12.1 Å². The monoisotopic (exact) mass is 312 g/mol. The fraction of sp³-hybridized carbons (Fsp3) is 0.188. The zero-order valence-electron chi connectivity index (χ0n) is 12.8. The van der Waals surface area contributed by atoms with E-state index in [2.05, 4.69) is 10.1 Å². The second-order valence-electron chi connectivity index (χ2n) is 4.80. The van der Waals surface area contributed by atoms with Gasteiger partial charge in [-0.15, -0.1) is 0 Å². The van der Waals surface area contributed by atoms with Crippen LogP contribution in [0.2, 0.25) is 0 Å². The van der Waals surface area contributed by atoms with Crippen molar-refractivity contribution in [3.8, 4) is 22.8 Å². The van der Waals surface area contributed by atoms with Crippen molar-refractivity contribution in [3.63, 3.8) is 0 Å². The molecule has 23 heavy (non-hydrogen) atoms. The van der Waals surface area contributed by atoms with Crippen molar-refractivity contribution in [2.24, 2.45) is 5.73 Å². The molecule has 2 aromatic heterocycles. The van der Waals surface area contributed by atoms with Gasteiger partial charge < -0.3 is 15.2 Å². The van der Waals surface area contributed by atoms with E-state index < -0.39 is 5.91 Å². The number of nitrogens with zero attached hydrogens (tertiary/aromatic N) is 3. The number of carbonyl (C=O) groups is 1. The highest BCUT2D eigenvalue weighted by Gasteiger charge is 2.19. The van der Waals surface area contributed by atoms with Gasteiger partial charge in [0.2, 0.25) is 0 Å². The summed E-state index contributed by atoms with van der Waals surface area (Å²) in [6.45, 7) is 2.48. The number of fused-ring (bicyclic) bond motifs is 1. The van der Waals surface area contributed by atoms with Gasteiger partial charge in [-0.05, 0) is 25.1 Å². The van der Waals surface area contributed by atoms with Crippen LogP contribution in [-0.4, -0.2) is 34.2 Å². The Hall–Kier alpha value is -3.09. The highest BCUT2D eigenvalue weighted by molar-refractivity contribution is 5.99. The summed E-state index contributed by atoms with van der Waals surface area (Å²) < 4.78 is 12.4. The number of benzene rings is 1. The molecular formula is C16H16N4O3. The molecule has 7 heteroatoms. The third kappa shape index (κ3) is 2.57. The predicted molar refractivity (Wildman–Crippen MR) is 84.7 cm³/mol. The van der Waals surface area contributed by atoms with E-state index in [0.717, 1.165) is 11.3 Å². The summed E-state index contributed by atoms with van der Waals surface area (Å²) in [5.74, 6) is 0.448. The number of hydrogen-bond donors (Lipinski definition) is 1. The Bertz CT molecular complexity index is 873. The van der Waals surface area contributed by atoms with Gasteiger partial charge in [0.05, 0.1) is 25.0 Å². The molecule has 7 nitrogen and oxygen atoms in total. The lowest BCUT2D eigenvalue weighted by Gasteiger charge is -2.12. The van der Waals surface area contributed by atoms with E-state index in [1.807, 2.05) is 31.2 Å². The molecule has 1 aromatic carbocycles. The molecule has 1 amide bonds. The van der Waals surface area contributed by atoms with E-state index in [0.29, 0.717) is 23.7 Å². The molecule has 0 aliphatic rings. The van der Waals surface area contributed by atoms with Crippen LogP contribution in [0.15, 0.2) is 36.7 Å². The minimum absolute atomic E-state index is 0.254. The molecule has 3 aromatic rings. The molecule has 0 spiro atoms. The summed E-state index contributed by atoms with van der Waals surface area (Å²) in [6, 6.07) is 9.16. The molecule has 118 valence electrons. The molecule has 2 heterocycles. The van der Waals surface area contributed by atoms with Crippen LogP contribution in [0.25, 0.3) is 16.9 Å². The fourth-order valence-electron chi connectivity index (χ4n) is 2.46. The summed E-state index contributed by atoms with van der Waals surface area (Å²) >= 11 is 0. The zero-order valence-corrected chi connectivity index (χ0v) is 12.8. The summed E-state index contributed by atoms with van der Waals surface area (Å²) in [6.07, 6.45) is 1.40. The normalized spacial score (nSPS) is 10.7. The number of pyridine rings is 1. The molecule has 0 saturated carbocycles. The summed E-state index contributed by atoms with van der Waals surface area (Å²) in [7, 11) is 1.46. The number of ether oxygens (including phenoxy) is 2. The number of nitrogens with two attached hydrogens (primary N) is 1. The summed E-state index contributed by atoms with van der Waals surface area (Å²) in [5, 5.41) is 4.21. The SMILES string of the molecule is CCOc1cccc(-c2cc(C(N)=O)c(OC)c3ncnn23)c1. The number of methoxy groups -OCH3 is 1. The maximum Gasteiger partial charge on any atom is 0.252 e. The standard InChI is InChI=1S/C16H16N4O3/c1-3-23-11-6-4-5-10(7-11)13-8-12(15(17)21)14(22-2)16-18-9-19-20(13)16/h4-9H,3H2,1-2H3,(H2,17,21). The second kappa shape index (κ2) is 5.96. The molecule has 0 atom stereocenters. The topological polar surface area (TPSA) is 91.7 Å². The average Bonchev–Trinajstić information content (AvgIpc) is 3.03. The first-order valence-electron chi connectivity index (χ1n) is 7.09. The number of primary amides is 1. The van der Waals surface area contributed by atoms with Gasteiger partial charge in [-0.2, -0.15) is 5.10 Å². The van der Waals surface area contributed by atoms with Crippen LogP contribution in [0, 0.1) is 0 Å². The van der Waals surface area contributed by atoms with Crippen LogP contribution in [0.3, 0.4) is 0 Å². The Kier molecular flexibility index (Phi) is 3.84. The number of amides is 1. The van der Waals surface area contributed by atoms with E-state index in [4.69, 9.17) is 15.2 Å². The van der Waals surface area contributed by atoms with Crippen molar-refractivity contribution in [2.75, 3.05) is 13.7 Å². The lowest BCUT2D eigenvalue weighted by atomic mass is 10.1. The van der Waals surface area contributed by atoms with E-state index in [1.54, 1.807) is 10.6 Å². The molecular weight excluding hydrogens is 296 g/mol. The summed E-state index contributed by atoms with van der Waals surface area (Å²) in [4.78, 5) is 15.9. The molecule has 0 bridgehead atoms. The lowest BCUT2D eigenvalue weighted by molar-refractivity contribution is 0.0997. The molecule has 0 aliphatic heterocycles. The van der Waals surface area contributed by atoms with Crippen LogP contribution in [-0.2, 0) is 0 Å². The van der Waals surface area contributed by atoms with Crippen LogP contribution < -0.4 is 15.2 Å². The maximum absolute atomic E-state index is 11.8. The second-order valence-corrected chi connectivity index (χ2v) is 4.80. The molecule has 0 unspecified atom stereocenters. The molecule has 0 saturated heterocycles. The predicted octanol–water partition coefficient (Wildman–Crippen LogP) is 1.90. The maximum atomic E-state index is 11.8. The Morgan fingerprint density at radius 3 is 2.87 bits per heavy atom. The number of carbonyl (C=O) groups excluding carboxylic acids is 1. The van der Waals surface area contributed by atoms with Crippen molar-refractivity contribution in [1.29, 1.82) is 0 Å². The minimum atomic E-state index is -0.588. The molecule has 0 aliphatic carbocycles. The minimum Gasteiger partial charge on any atom is -0.494 e. The van der Waals surface area contributed by atoms with E-state index in [1.165, 1.54) is 13.4 Å². The van der Waals surface area contributed by atoms with Crippen LogP contribution >= 0.6 is 0 Å². The van der Waals surface area contributed by atoms with Crippen LogP contribution in [0.1, 0.15) is 17.3 Å². The van der Waals surface area contributed by atoms with Gasteiger partial charge in [-0.25, -0.2) is 9.50 Å². The lowest BCUT2D eigenvalue weighted by Crippen LogP contribution is -2.14. The van der Waals surface area contributed by atoms with Gasteiger partial charge in [-0.1, -0.05) is 12.1 Å². The Labute approximate surface area is 132 Å². The van der Waals surface area contributed by atoms with Crippen LogP contribution in [0.4, 0.5) is 0 Å². The number of aromatic nitrogens is 3. The quantitative estimate of drug-likeness (QED) is 0.777. The van der Waals surface area contributed by atoms with Crippen molar-refractivity contribution < 1.29 is 14.3 Å². The molecule has 2 N–H and O–H groups in total. The van der Waals surface area contributed by atoms with Gasteiger partial charge in [0.25, 0.3) is 5.91 Å². The van der Waals surface area contributed by atoms with Gasteiger partial charge in [0, 0.05) is 5.56 Å². The first kappa shape index (κ1) is 14.8. The fourth-order valence-corrected chi connectivity index (χ4v) is 2.46.